The molecule has 1 nitrogen and oxygen atoms in total. The smallest absolute Gasteiger partial charge is 0.0463 e. The molecule has 0 fully saturated rings. The van der Waals surface area contributed by atoms with Gasteiger partial charge in [0.1, 0.15) is 0 Å². The lowest BCUT2D eigenvalue weighted by Gasteiger charge is -2.25. The van der Waals surface area contributed by atoms with E-state index in [0.29, 0.717) is 0 Å². The second kappa shape index (κ2) is 7.10. The van der Waals surface area contributed by atoms with Gasteiger partial charge in [-0.1, -0.05) is 111 Å². The molecule has 0 saturated heterocycles. The number of hydrogen-bond acceptors (Lipinski definition) is 1. The summed E-state index contributed by atoms with van der Waals surface area (Å²) in [4.78, 5) is 0. The van der Waals surface area contributed by atoms with Crippen LogP contribution in [0, 0.1) is 0 Å². The van der Waals surface area contributed by atoms with Crippen molar-refractivity contribution in [3.63, 3.8) is 0 Å². The molecular formula is C31H25N. The predicted octanol–water partition coefficient (Wildman–Crippen LogP) is 8.56. The fraction of sp³-hybridized carbons (Fsp3) is 0.0968. The number of fused-ring (bicyclic) bond motifs is 5. The van der Waals surface area contributed by atoms with Gasteiger partial charge in [0.2, 0.25) is 0 Å². The van der Waals surface area contributed by atoms with Crippen molar-refractivity contribution in [1.82, 2.24) is 0 Å². The first kappa shape index (κ1) is 18.9. The number of para-hydroxylation sites is 1. The van der Waals surface area contributed by atoms with Crippen molar-refractivity contribution in [1.29, 1.82) is 0 Å². The summed E-state index contributed by atoms with van der Waals surface area (Å²) in [5.74, 6) is 0. The van der Waals surface area contributed by atoms with Crippen LogP contribution < -0.4 is 5.32 Å². The third kappa shape index (κ3) is 2.78. The quantitative estimate of drug-likeness (QED) is 0.313. The van der Waals surface area contributed by atoms with Crippen LogP contribution in [0.1, 0.15) is 25.0 Å². The Morgan fingerprint density at radius 2 is 1.25 bits per heavy atom. The Morgan fingerprint density at radius 3 is 2.12 bits per heavy atom. The molecule has 0 amide bonds. The maximum absolute atomic E-state index is 3.81. The largest absolute Gasteiger partial charge is 0.355 e. The van der Waals surface area contributed by atoms with Crippen LogP contribution in [-0.4, -0.2) is 0 Å². The van der Waals surface area contributed by atoms with E-state index >= 15 is 0 Å². The highest BCUT2D eigenvalue weighted by atomic mass is 14.9. The molecule has 1 aliphatic carbocycles. The Balaban J connectivity index is 1.54. The minimum Gasteiger partial charge on any atom is -0.355 e. The maximum Gasteiger partial charge on any atom is 0.0463 e. The SMILES string of the molecule is CC1(C)c2ccc3ccccc3c2-c2cccc(Nc3ccccc3-c3ccccc3)c21. The van der Waals surface area contributed by atoms with Gasteiger partial charge in [-0.2, -0.15) is 0 Å². The summed E-state index contributed by atoms with van der Waals surface area (Å²) in [6, 6.07) is 39.1. The van der Waals surface area contributed by atoms with Crippen molar-refractivity contribution in [2.45, 2.75) is 19.3 Å². The molecule has 5 aromatic rings. The first-order valence-corrected chi connectivity index (χ1v) is 11.2. The molecule has 0 saturated carbocycles. The van der Waals surface area contributed by atoms with Gasteiger partial charge in [0, 0.05) is 22.4 Å². The van der Waals surface area contributed by atoms with E-state index in [-0.39, 0.29) is 5.41 Å². The van der Waals surface area contributed by atoms with E-state index in [2.05, 4.69) is 128 Å². The normalized spacial score (nSPS) is 13.6. The van der Waals surface area contributed by atoms with E-state index in [4.69, 9.17) is 0 Å². The van der Waals surface area contributed by atoms with E-state index in [1.165, 1.54) is 49.8 Å². The molecule has 0 radical (unpaired) electrons. The number of rotatable bonds is 3. The predicted molar refractivity (Wildman–Crippen MR) is 137 cm³/mol. The van der Waals surface area contributed by atoms with Gasteiger partial charge in [-0.3, -0.25) is 0 Å². The molecule has 1 heteroatoms. The fourth-order valence-electron chi connectivity index (χ4n) is 5.36. The maximum atomic E-state index is 3.81. The van der Waals surface area contributed by atoms with Crippen LogP contribution in [0.2, 0.25) is 0 Å². The molecule has 0 spiro atoms. The van der Waals surface area contributed by atoms with Crippen molar-refractivity contribution >= 4 is 22.1 Å². The minimum absolute atomic E-state index is 0.0834. The zero-order valence-corrected chi connectivity index (χ0v) is 18.4. The van der Waals surface area contributed by atoms with Crippen molar-refractivity contribution in [3.05, 3.63) is 120 Å². The first-order valence-electron chi connectivity index (χ1n) is 11.2. The molecular weight excluding hydrogens is 386 g/mol. The van der Waals surface area contributed by atoms with E-state index < -0.39 is 0 Å². The standard InChI is InChI=1S/C31H25N/c1-31(2)26-20-19-22-13-6-7-15-24(22)29(26)25-16-10-18-28(30(25)31)32-27-17-9-8-14-23(27)21-11-4-3-5-12-21/h3-20,32H,1-2H3. The Labute approximate surface area is 189 Å². The molecule has 0 heterocycles. The van der Waals surface area contributed by atoms with Crippen molar-refractivity contribution in [2.75, 3.05) is 5.32 Å². The summed E-state index contributed by atoms with van der Waals surface area (Å²) >= 11 is 0. The van der Waals surface area contributed by atoms with Gasteiger partial charge < -0.3 is 5.32 Å². The van der Waals surface area contributed by atoms with Gasteiger partial charge in [0.25, 0.3) is 0 Å². The van der Waals surface area contributed by atoms with Gasteiger partial charge in [-0.25, -0.2) is 0 Å². The number of benzene rings is 5. The molecule has 0 bridgehead atoms. The van der Waals surface area contributed by atoms with Gasteiger partial charge in [-0.05, 0) is 50.7 Å². The lowest BCUT2D eigenvalue weighted by atomic mass is 9.81. The molecule has 6 rings (SSSR count). The highest BCUT2D eigenvalue weighted by molar-refractivity contribution is 6.04. The van der Waals surface area contributed by atoms with Crippen LogP contribution in [0.3, 0.4) is 0 Å². The summed E-state index contributed by atoms with van der Waals surface area (Å²) in [6.07, 6.45) is 0. The molecule has 5 aromatic carbocycles. The Bertz CT molecular complexity index is 1460. The summed E-state index contributed by atoms with van der Waals surface area (Å²) < 4.78 is 0. The third-order valence-electron chi connectivity index (χ3n) is 6.84. The number of nitrogens with one attached hydrogen (secondary N) is 1. The second-order valence-corrected chi connectivity index (χ2v) is 9.10. The monoisotopic (exact) mass is 411 g/mol. The summed E-state index contributed by atoms with van der Waals surface area (Å²) in [5, 5.41) is 6.44. The molecule has 1 N–H and O–H groups in total. The minimum atomic E-state index is -0.0834. The van der Waals surface area contributed by atoms with Crippen LogP contribution in [0.4, 0.5) is 11.4 Å². The first-order chi connectivity index (χ1) is 15.6. The number of anilines is 2. The van der Waals surface area contributed by atoms with Crippen LogP contribution in [0.25, 0.3) is 33.0 Å². The summed E-state index contributed by atoms with van der Waals surface area (Å²) in [6.45, 7) is 4.70. The summed E-state index contributed by atoms with van der Waals surface area (Å²) in [7, 11) is 0. The molecule has 0 unspecified atom stereocenters. The Kier molecular flexibility index (Phi) is 4.19. The average Bonchev–Trinajstić information content (AvgIpc) is 3.08. The zero-order chi connectivity index (χ0) is 21.7. The highest BCUT2D eigenvalue weighted by Crippen LogP contribution is 2.54. The average molecular weight is 412 g/mol. The van der Waals surface area contributed by atoms with Gasteiger partial charge in [0.05, 0.1) is 0 Å². The lowest BCUT2D eigenvalue weighted by molar-refractivity contribution is 0.663. The van der Waals surface area contributed by atoms with E-state index in [1.807, 2.05) is 0 Å². The van der Waals surface area contributed by atoms with Crippen molar-refractivity contribution in [2.24, 2.45) is 0 Å². The van der Waals surface area contributed by atoms with E-state index in [0.717, 1.165) is 5.69 Å². The second-order valence-electron chi connectivity index (χ2n) is 9.10. The van der Waals surface area contributed by atoms with E-state index in [9.17, 15) is 0 Å². The molecule has 32 heavy (non-hydrogen) atoms. The van der Waals surface area contributed by atoms with Crippen LogP contribution in [0.5, 0.6) is 0 Å². The number of hydrogen-bond donors (Lipinski definition) is 1. The van der Waals surface area contributed by atoms with Crippen molar-refractivity contribution < 1.29 is 0 Å². The van der Waals surface area contributed by atoms with Crippen LogP contribution in [0.15, 0.2) is 109 Å². The molecule has 0 atom stereocenters. The van der Waals surface area contributed by atoms with Crippen LogP contribution in [-0.2, 0) is 5.41 Å². The molecule has 1 aliphatic rings. The van der Waals surface area contributed by atoms with Crippen molar-refractivity contribution in [3.8, 4) is 22.3 Å². The zero-order valence-electron chi connectivity index (χ0n) is 18.4. The van der Waals surface area contributed by atoms with E-state index in [1.54, 1.807) is 0 Å². The molecule has 0 aliphatic heterocycles. The molecule has 154 valence electrons. The Morgan fingerprint density at radius 1 is 0.562 bits per heavy atom. The Hall–Kier alpha value is -3.84. The highest BCUT2D eigenvalue weighted by Gasteiger charge is 2.38. The topological polar surface area (TPSA) is 12.0 Å². The fourth-order valence-corrected chi connectivity index (χ4v) is 5.36. The summed E-state index contributed by atoms with van der Waals surface area (Å²) in [5.41, 5.74) is 10.1. The van der Waals surface area contributed by atoms with Gasteiger partial charge in [0.15, 0.2) is 0 Å². The third-order valence-corrected chi connectivity index (χ3v) is 6.84. The van der Waals surface area contributed by atoms with Gasteiger partial charge in [-0.15, -0.1) is 0 Å². The van der Waals surface area contributed by atoms with Crippen LogP contribution >= 0.6 is 0 Å². The lowest BCUT2D eigenvalue weighted by Crippen LogP contribution is -2.17. The van der Waals surface area contributed by atoms with Gasteiger partial charge >= 0.3 is 0 Å². The molecule has 0 aromatic heterocycles.